The normalized spacial score (nSPS) is 16.8. The monoisotopic (exact) mass is 506 g/mol. The molecule has 1 aromatic heterocycles. The van der Waals surface area contributed by atoms with Crippen molar-refractivity contribution in [1.29, 1.82) is 0 Å². The minimum atomic E-state index is -1.29. The average Bonchev–Trinajstić information content (AvgIpc) is 3.55. The van der Waals surface area contributed by atoms with Crippen LogP contribution in [0.2, 0.25) is 0 Å². The van der Waals surface area contributed by atoms with Crippen molar-refractivity contribution in [3.63, 3.8) is 0 Å². The summed E-state index contributed by atoms with van der Waals surface area (Å²) < 4.78 is 19.6. The number of nitrogens with zero attached hydrogens (tertiary/aromatic N) is 1. The fourth-order valence-corrected chi connectivity index (χ4v) is 4.88. The number of hydrogen-bond donors (Lipinski definition) is 3. The number of Topliss-reactive ketones (excluding diaryl/α,β-unsaturated/α-hetero) is 1. The molecule has 1 fully saturated rings. The summed E-state index contributed by atoms with van der Waals surface area (Å²) in [6.07, 6.45) is 2.04. The average molecular weight is 507 g/mol. The molecule has 2 heterocycles. The van der Waals surface area contributed by atoms with Crippen LogP contribution in [0.5, 0.6) is 5.06 Å². The Hall–Kier alpha value is -3.15. The van der Waals surface area contributed by atoms with Crippen LogP contribution in [-0.2, 0) is 32.1 Å². The first-order valence-corrected chi connectivity index (χ1v) is 11.9. The van der Waals surface area contributed by atoms with Crippen LogP contribution in [0, 0.1) is 11.7 Å². The maximum absolute atomic E-state index is 14.4. The Bertz CT molecular complexity index is 1120. The highest BCUT2D eigenvalue weighted by atomic mass is 32.1. The molecule has 9 nitrogen and oxygen atoms in total. The Labute approximate surface area is 205 Å². The predicted octanol–water partition coefficient (Wildman–Crippen LogP) is 2.76. The third kappa shape index (κ3) is 7.17. The third-order valence-electron chi connectivity index (χ3n) is 5.64. The van der Waals surface area contributed by atoms with Crippen LogP contribution in [0.3, 0.4) is 0 Å². The lowest BCUT2D eigenvalue weighted by Gasteiger charge is -2.34. The van der Waals surface area contributed by atoms with Crippen LogP contribution < -0.4 is 10.5 Å². The Kier molecular flexibility index (Phi) is 8.71. The third-order valence-corrected chi connectivity index (χ3v) is 6.76. The smallest absolute Gasteiger partial charge is 0.321 e. The molecule has 0 spiro atoms. The number of ether oxygens (including phenoxy) is 1. The van der Waals surface area contributed by atoms with E-state index in [-0.39, 0.29) is 23.5 Å². The van der Waals surface area contributed by atoms with Crippen molar-refractivity contribution >= 4 is 35.0 Å². The zero-order valence-corrected chi connectivity index (χ0v) is 19.9. The molecule has 1 aromatic carbocycles. The van der Waals surface area contributed by atoms with Crippen molar-refractivity contribution in [2.24, 2.45) is 11.7 Å². The number of carboxylic acids is 2. The number of fused-ring (bicyclic) bond motifs is 1. The number of carbonyl (C=O) groups is 4. The van der Waals surface area contributed by atoms with Gasteiger partial charge in [0, 0.05) is 36.4 Å². The number of ketones is 1. The Morgan fingerprint density at radius 2 is 1.91 bits per heavy atom. The van der Waals surface area contributed by atoms with Gasteiger partial charge in [-0.05, 0) is 37.0 Å². The molecule has 1 saturated carbocycles. The van der Waals surface area contributed by atoms with Gasteiger partial charge in [-0.15, -0.1) is 11.3 Å². The fraction of sp³-hybridized carbons (Fsp3) is 0.417. The van der Waals surface area contributed by atoms with Gasteiger partial charge >= 0.3 is 17.9 Å². The number of esters is 1. The van der Waals surface area contributed by atoms with Gasteiger partial charge in [0.2, 0.25) is 0 Å². The molecule has 4 N–H and O–H groups in total. The van der Waals surface area contributed by atoms with Crippen LogP contribution in [-0.4, -0.2) is 51.4 Å². The van der Waals surface area contributed by atoms with E-state index in [0.717, 1.165) is 24.8 Å². The van der Waals surface area contributed by atoms with E-state index in [1.807, 2.05) is 6.07 Å². The zero-order valence-electron chi connectivity index (χ0n) is 19.1. The van der Waals surface area contributed by atoms with Crippen molar-refractivity contribution in [1.82, 2.24) is 4.90 Å². The molecule has 0 radical (unpaired) electrons. The molecule has 1 aliphatic carbocycles. The first-order chi connectivity index (χ1) is 16.6. The molecule has 1 aliphatic heterocycles. The van der Waals surface area contributed by atoms with Gasteiger partial charge < -0.3 is 20.7 Å². The molecule has 4 rings (SSSR count). The lowest BCUT2D eigenvalue weighted by atomic mass is 9.95. The summed E-state index contributed by atoms with van der Waals surface area (Å²) in [5, 5.41) is 16.6. The van der Waals surface area contributed by atoms with Gasteiger partial charge in [-0.25, -0.2) is 4.39 Å². The highest BCUT2D eigenvalue weighted by Crippen LogP contribution is 2.41. The molecule has 35 heavy (non-hydrogen) atoms. The molecule has 2 aliphatic rings. The number of aliphatic carboxylic acids is 2. The SMILES string of the molecule is CC(=O)Oc1cc2c(s1)CCN(C(C(=O)C1CC1)c1ccccc1F)C2.NC(CC(=O)O)C(=O)O. The number of nitrogens with two attached hydrogens (primary N) is 1. The van der Waals surface area contributed by atoms with Crippen LogP contribution in [0.15, 0.2) is 30.3 Å². The van der Waals surface area contributed by atoms with Crippen LogP contribution in [0.1, 0.15) is 48.2 Å². The van der Waals surface area contributed by atoms with E-state index in [1.165, 1.54) is 29.2 Å². The predicted molar refractivity (Wildman–Crippen MR) is 124 cm³/mol. The van der Waals surface area contributed by atoms with E-state index >= 15 is 0 Å². The summed E-state index contributed by atoms with van der Waals surface area (Å²) in [6.45, 7) is 2.63. The zero-order chi connectivity index (χ0) is 25.7. The lowest BCUT2D eigenvalue weighted by Crippen LogP contribution is -2.38. The van der Waals surface area contributed by atoms with Crippen LogP contribution >= 0.6 is 11.3 Å². The first-order valence-electron chi connectivity index (χ1n) is 11.1. The summed E-state index contributed by atoms with van der Waals surface area (Å²) in [5.74, 6) is -2.99. The molecule has 0 amide bonds. The van der Waals surface area contributed by atoms with Gasteiger partial charge in [-0.1, -0.05) is 18.2 Å². The quantitative estimate of drug-likeness (QED) is 0.460. The highest BCUT2D eigenvalue weighted by molar-refractivity contribution is 7.14. The molecule has 0 saturated heterocycles. The molecule has 2 unspecified atom stereocenters. The number of carbonyl (C=O) groups excluding carboxylic acids is 2. The fourth-order valence-electron chi connectivity index (χ4n) is 3.83. The van der Waals surface area contributed by atoms with Gasteiger partial charge in [0.25, 0.3) is 0 Å². The van der Waals surface area contributed by atoms with E-state index in [0.29, 0.717) is 23.7 Å². The maximum atomic E-state index is 14.4. The lowest BCUT2D eigenvalue weighted by molar-refractivity contribution is -0.144. The Balaban J connectivity index is 0.000000327. The van der Waals surface area contributed by atoms with E-state index in [4.69, 9.17) is 20.7 Å². The Morgan fingerprint density at radius 1 is 1.23 bits per heavy atom. The van der Waals surface area contributed by atoms with Gasteiger partial charge in [0.05, 0.1) is 12.5 Å². The second kappa shape index (κ2) is 11.5. The standard InChI is InChI=1S/C20H20FNO3S.C4H7NO4/c1-12(23)25-18-10-14-11-22(9-8-17(14)26-18)19(20(24)13-6-7-13)15-4-2-3-5-16(15)21;5-2(4(8)9)1-3(6)7/h2-5,10,13,19H,6-9,11H2,1H3;2H,1,5H2,(H,6,7)(H,8,9). The van der Waals surface area contributed by atoms with E-state index in [9.17, 15) is 23.6 Å². The van der Waals surface area contributed by atoms with Crippen molar-refractivity contribution in [2.45, 2.75) is 51.2 Å². The summed E-state index contributed by atoms with van der Waals surface area (Å²) in [5.41, 5.74) is 6.36. The number of thiophene rings is 1. The van der Waals surface area contributed by atoms with Gasteiger partial charge in [-0.2, -0.15) is 0 Å². The van der Waals surface area contributed by atoms with Crippen molar-refractivity contribution in [2.75, 3.05) is 6.54 Å². The van der Waals surface area contributed by atoms with Crippen molar-refractivity contribution in [3.8, 4) is 5.06 Å². The number of rotatable bonds is 8. The number of carboxylic acid groups (broad SMARTS) is 2. The molecule has 11 heteroatoms. The second-order valence-electron chi connectivity index (χ2n) is 8.47. The second-order valence-corrected chi connectivity index (χ2v) is 9.57. The molecule has 188 valence electrons. The summed E-state index contributed by atoms with van der Waals surface area (Å²) >= 11 is 1.47. The summed E-state index contributed by atoms with van der Waals surface area (Å²) in [4.78, 5) is 47.0. The first kappa shape index (κ1) is 26.5. The largest absolute Gasteiger partial charge is 0.481 e. The van der Waals surface area contributed by atoms with Gasteiger partial charge in [0.1, 0.15) is 11.9 Å². The van der Waals surface area contributed by atoms with E-state index in [1.54, 1.807) is 18.2 Å². The molecule has 0 bridgehead atoms. The van der Waals surface area contributed by atoms with Gasteiger partial charge in [-0.3, -0.25) is 24.1 Å². The van der Waals surface area contributed by atoms with E-state index in [2.05, 4.69) is 4.90 Å². The molecule has 2 atom stereocenters. The van der Waals surface area contributed by atoms with Crippen molar-refractivity contribution < 1.29 is 38.5 Å². The molecular weight excluding hydrogens is 479 g/mol. The number of halogens is 1. The maximum Gasteiger partial charge on any atom is 0.321 e. The minimum Gasteiger partial charge on any atom is -0.481 e. The molecule has 2 aromatic rings. The highest BCUT2D eigenvalue weighted by Gasteiger charge is 2.40. The minimum absolute atomic E-state index is 0.0556. The topological polar surface area (TPSA) is 147 Å². The van der Waals surface area contributed by atoms with Crippen LogP contribution in [0.25, 0.3) is 0 Å². The number of benzene rings is 1. The van der Waals surface area contributed by atoms with Gasteiger partial charge in [0.15, 0.2) is 10.8 Å². The summed E-state index contributed by atoms with van der Waals surface area (Å²) in [7, 11) is 0. The summed E-state index contributed by atoms with van der Waals surface area (Å²) in [6, 6.07) is 6.60. The van der Waals surface area contributed by atoms with E-state index < -0.39 is 30.4 Å². The molecular formula is C24H27FN2O7S. The number of hydrogen-bond acceptors (Lipinski definition) is 8. The van der Waals surface area contributed by atoms with Crippen molar-refractivity contribution in [3.05, 3.63) is 52.2 Å². The Morgan fingerprint density at radius 3 is 2.46 bits per heavy atom. The van der Waals surface area contributed by atoms with Crippen LogP contribution in [0.4, 0.5) is 4.39 Å².